The topological polar surface area (TPSA) is 59.9 Å². The summed E-state index contributed by atoms with van der Waals surface area (Å²) in [4.78, 5) is 16.0. The van der Waals surface area contributed by atoms with E-state index in [0.29, 0.717) is 25.5 Å². The minimum Gasteiger partial charge on any atom is -0.479 e. The molecule has 0 unspecified atom stereocenters. The smallest absolute Gasteiger partial charge is 0.223 e. The van der Waals surface area contributed by atoms with Gasteiger partial charge in [0, 0.05) is 13.5 Å². The predicted molar refractivity (Wildman–Crippen MR) is 58.6 cm³/mol. The SMILES string of the molecule is CCCNC(=O)CCON=C(C)OCC. The van der Waals surface area contributed by atoms with Gasteiger partial charge in [0.1, 0.15) is 6.61 Å². The van der Waals surface area contributed by atoms with E-state index in [9.17, 15) is 4.79 Å². The summed E-state index contributed by atoms with van der Waals surface area (Å²) in [6, 6.07) is 0. The fraction of sp³-hybridized carbons (Fsp3) is 0.800. The van der Waals surface area contributed by atoms with Crippen LogP contribution in [0.25, 0.3) is 0 Å². The summed E-state index contributed by atoms with van der Waals surface area (Å²) in [6.45, 7) is 7.14. The van der Waals surface area contributed by atoms with Gasteiger partial charge in [0.15, 0.2) is 0 Å². The number of nitrogens with one attached hydrogen (secondary N) is 1. The Morgan fingerprint density at radius 3 is 2.73 bits per heavy atom. The van der Waals surface area contributed by atoms with Crippen molar-refractivity contribution in [2.75, 3.05) is 19.8 Å². The average molecular weight is 216 g/mol. The Morgan fingerprint density at radius 1 is 1.40 bits per heavy atom. The van der Waals surface area contributed by atoms with Gasteiger partial charge in [-0.1, -0.05) is 12.1 Å². The van der Waals surface area contributed by atoms with E-state index in [1.54, 1.807) is 6.92 Å². The van der Waals surface area contributed by atoms with Gasteiger partial charge in [-0.15, -0.1) is 0 Å². The highest BCUT2D eigenvalue weighted by Gasteiger charge is 1.99. The van der Waals surface area contributed by atoms with Crippen molar-refractivity contribution in [3.05, 3.63) is 0 Å². The monoisotopic (exact) mass is 216 g/mol. The van der Waals surface area contributed by atoms with Gasteiger partial charge < -0.3 is 14.9 Å². The first-order valence-corrected chi connectivity index (χ1v) is 5.26. The highest BCUT2D eigenvalue weighted by atomic mass is 16.6. The molecule has 0 aliphatic rings. The molecule has 1 N–H and O–H groups in total. The van der Waals surface area contributed by atoms with Crippen LogP contribution in [0.2, 0.25) is 0 Å². The molecular formula is C10H20N2O3. The lowest BCUT2D eigenvalue weighted by molar-refractivity contribution is -0.122. The molecule has 0 atom stereocenters. The van der Waals surface area contributed by atoms with Crippen LogP contribution in [0.4, 0.5) is 0 Å². The van der Waals surface area contributed by atoms with Crippen molar-refractivity contribution in [3.8, 4) is 0 Å². The third-order valence-corrected chi connectivity index (χ3v) is 1.54. The zero-order valence-corrected chi connectivity index (χ0v) is 9.71. The molecule has 5 heteroatoms. The number of ether oxygens (including phenoxy) is 1. The van der Waals surface area contributed by atoms with E-state index in [2.05, 4.69) is 10.5 Å². The van der Waals surface area contributed by atoms with Gasteiger partial charge >= 0.3 is 0 Å². The number of rotatable bonds is 7. The van der Waals surface area contributed by atoms with Crippen molar-refractivity contribution in [2.24, 2.45) is 5.16 Å². The number of hydrogen-bond donors (Lipinski definition) is 1. The Kier molecular flexibility index (Phi) is 8.52. The first kappa shape index (κ1) is 13.7. The first-order chi connectivity index (χ1) is 7.20. The fourth-order valence-corrected chi connectivity index (χ4v) is 0.863. The molecule has 0 heterocycles. The molecule has 0 fully saturated rings. The second-order valence-electron chi connectivity index (χ2n) is 2.98. The van der Waals surface area contributed by atoms with Gasteiger partial charge in [-0.05, 0) is 13.3 Å². The van der Waals surface area contributed by atoms with Crippen LogP contribution in [-0.4, -0.2) is 31.6 Å². The van der Waals surface area contributed by atoms with Gasteiger partial charge in [-0.2, -0.15) is 0 Å². The van der Waals surface area contributed by atoms with Gasteiger partial charge in [0.25, 0.3) is 0 Å². The van der Waals surface area contributed by atoms with Crippen molar-refractivity contribution in [1.82, 2.24) is 5.32 Å². The van der Waals surface area contributed by atoms with Crippen molar-refractivity contribution in [2.45, 2.75) is 33.6 Å². The molecule has 0 saturated carbocycles. The molecule has 0 saturated heterocycles. The largest absolute Gasteiger partial charge is 0.479 e. The van der Waals surface area contributed by atoms with Crippen molar-refractivity contribution in [1.29, 1.82) is 0 Å². The zero-order chi connectivity index (χ0) is 11.5. The third kappa shape index (κ3) is 9.05. The van der Waals surface area contributed by atoms with Gasteiger partial charge in [0.2, 0.25) is 11.8 Å². The third-order valence-electron chi connectivity index (χ3n) is 1.54. The van der Waals surface area contributed by atoms with Crippen LogP contribution in [0.15, 0.2) is 5.16 Å². The number of amides is 1. The summed E-state index contributed by atoms with van der Waals surface area (Å²) in [5.41, 5.74) is 0. The molecule has 0 aromatic rings. The molecule has 0 aliphatic heterocycles. The molecular weight excluding hydrogens is 196 g/mol. The number of carbonyl (C=O) groups excluding carboxylic acids is 1. The standard InChI is InChI=1S/C10H20N2O3/c1-4-7-11-10(13)6-8-15-12-9(3)14-5-2/h4-8H2,1-3H3,(H,11,13). The van der Waals surface area contributed by atoms with Gasteiger partial charge in [-0.3, -0.25) is 4.79 Å². The van der Waals surface area contributed by atoms with Crippen LogP contribution in [0, 0.1) is 0 Å². The predicted octanol–water partition coefficient (Wildman–Crippen LogP) is 1.29. The summed E-state index contributed by atoms with van der Waals surface area (Å²) in [6.07, 6.45) is 1.26. The normalized spacial score (nSPS) is 11.0. The summed E-state index contributed by atoms with van der Waals surface area (Å²) in [5, 5.41) is 6.43. The minimum absolute atomic E-state index is 0.0129. The van der Waals surface area contributed by atoms with E-state index in [1.807, 2.05) is 13.8 Å². The summed E-state index contributed by atoms with van der Waals surface area (Å²) >= 11 is 0. The van der Waals surface area contributed by atoms with Crippen LogP contribution in [0.3, 0.4) is 0 Å². The summed E-state index contributed by atoms with van der Waals surface area (Å²) in [7, 11) is 0. The Labute approximate surface area is 90.8 Å². The molecule has 88 valence electrons. The maximum Gasteiger partial charge on any atom is 0.223 e. The second kappa shape index (κ2) is 9.30. The van der Waals surface area contributed by atoms with Crippen LogP contribution < -0.4 is 5.32 Å². The fourth-order valence-electron chi connectivity index (χ4n) is 0.863. The molecule has 1 amide bonds. The van der Waals surface area contributed by atoms with Crippen molar-refractivity contribution in [3.63, 3.8) is 0 Å². The molecule has 0 aromatic carbocycles. The highest BCUT2D eigenvalue weighted by Crippen LogP contribution is 1.88. The zero-order valence-electron chi connectivity index (χ0n) is 9.71. The molecule has 0 bridgehead atoms. The van der Waals surface area contributed by atoms with E-state index in [-0.39, 0.29) is 12.5 Å². The lowest BCUT2D eigenvalue weighted by Gasteiger charge is -2.03. The quantitative estimate of drug-likeness (QED) is 0.302. The van der Waals surface area contributed by atoms with Crippen molar-refractivity contribution >= 4 is 11.8 Å². The lowest BCUT2D eigenvalue weighted by atomic mass is 10.4. The van der Waals surface area contributed by atoms with Crippen molar-refractivity contribution < 1.29 is 14.4 Å². The van der Waals surface area contributed by atoms with E-state index >= 15 is 0 Å². The van der Waals surface area contributed by atoms with Gasteiger partial charge in [0.05, 0.1) is 13.0 Å². The molecule has 0 aromatic heterocycles. The van der Waals surface area contributed by atoms with Crippen LogP contribution >= 0.6 is 0 Å². The van der Waals surface area contributed by atoms with E-state index in [4.69, 9.17) is 9.57 Å². The molecule has 0 aliphatic carbocycles. The molecule has 0 radical (unpaired) electrons. The molecule has 15 heavy (non-hydrogen) atoms. The second-order valence-corrected chi connectivity index (χ2v) is 2.98. The minimum atomic E-state index is -0.0129. The van der Waals surface area contributed by atoms with E-state index < -0.39 is 0 Å². The Morgan fingerprint density at radius 2 is 2.13 bits per heavy atom. The Balaban J connectivity index is 3.44. The number of nitrogens with zero attached hydrogens (tertiary/aromatic N) is 1. The maximum atomic E-state index is 11.1. The number of hydrogen-bond acceptors (Lipinski definition) is 4. The van der Waals surface area contributed by atoms with Gasteiger partial charge in [-0.25, -0.2) is 0 Å². The van der Waals surface area contributed by atoms with Crippen LogP contribution in [0.5, 0.6) is 0 Å². The van der Waals surface area contributed by atoms with E-state index in [1.165, 1.54) is 0 Å². The number of carbonyl (C=O) groups is 1. The highest BCUT2D eigenvalue weighted by molar-refractivity contribution is 5.76. The summed E-state index contributed by atoms with van der Waals surface area (Å²) < 4.78 is 5.04. The molecule has 0 rings (SSSR count). The van der Waals surface area contributed by atoms with E-state index in [0.717, 1.165) is 6.42 Å². The molecule has 0 spiro atoms. The average Bonchev–Trinajstić information content (AvgIpc) is 2.22. The maximum absolute atomic E-state index is 11.1. The number of oxime groups is 1. The van der Waals surface area contributed by atoms with Crippen LogP contribution in [0.1, 0.15) is 33.6 Å². The molecule has 5 nitrogen and oxygen atoms in total. The van der Waals surface area contributed by atoms with Crippen LogP contribution in [-0.2, 0) is 14.4 Å². The lowest BCUT2D eigenvalue weighted by Crippen LogP contribution is -2.24. The summed E-state index contributed by atoms with van der Waals surface area (Å²) in [5.74, 6) is 0.465. The Bertz CT molecular complexity index is 205. The Hall–Kier alpha value is -1.26. The first-order valence-electron chi connectivity index (χ1n) is 5.26.